The molecule has 0 aliphatic rings. The third-order valence-electron chi connectivity index (χ3n) is 3.62. The Balaban J connectivity index is 1.81. The Bertz CT molecular complexity index is 878. The van der Waals surface area contributed by atoms with Gasteiger partial charge in [-0.15, -0.1) is 0 Å². The van der Waals surface area contributed by atoms with Crippen LogP contribution < -0.4 is 16.0 Å². The van der Waals surface area contributed by atoms with Crippen LogP contribution in [0, 0.1) is 0 Å². The van der Waals surface area contributed by atoms with Gasteiger partial charge in [0.1, 0.15) is 0 Å². The summed E-state index contributed by atoms with van der Waals surface area (Å²) in [5, 5.41) is 7.70. The van der Waals surface area contributed by atoms with Crippen molar-refractivity contribution in [2.45, 2.75) is 13.3 Å². The second-order valence-corrected chi connectivity index (χ2v) is 5.92. The van der Waals surface area contributed by atoms with Crippen LogP contribution in [0.1, 0.15) is 22.8 Å². The van der Waals surface area contributed by atoms with Crippen LogP contribution in [-0.4, -0.2) is 37.3 Å². The zero-order chi connectivity index (χ0) is 20.5. The van der Waals surface area contributed by atoms with E-state index in [1.54, 1.807) is 42.5 Å². The molecule has 8 nitrogen and oxygen atoms in total. The summed E-state index contributed by atoms with van der Waals surface area (Å²) in [7, 11) is 1.51. The lowest BCUT2D eigenvalue weighted by Crippen LogP contribution is -2.22. The van der Waals surface area contributed by atoms with Crippen LogP contribution in [0.4, 0.5) is 11.4 Å². The minimum atomic E-state index is -0.554. The van der Waals surface area contributed by atoms with Gasteiger partial charge in [-0.25, -0.2) is 0 Å². The van der Waals surface area contributed by atoms with E-state index in [1.165, 1.54) is 20.0 Å². The molecule has 2 aromatic rings. The van der Waals surface area contributed by atoms with Crippen molar-refractivity contribution in [3.63, 3.8) is 0 Å². The van der Waals surface area contributed by atoms with Gasteiger partial charge in [0.05, 0.1) is 6.42 Å². The molecule has 0 atom stereocenters. The molecule has 8 heteroatoms. The highest BCUT2D eigenvalue weighted by molar-refractivity contribution is 5.97. The zero-order valence-corrected chi connectivity index (χ0v) is 15.6. The predicted molar refractivity (Wildman–Crippen MR) is 104 cm³/mol. The minimum Gasteiger partial charge on any atom is -0.455 e. The molecule has 0 saturated heterocycles. The van der Waals surface area contributed by atoms with Gasteiger partial charge in [-0.05, 0) is 35.9 Å². The quantitative estimate of drug-likeness (QED) is 0.630. The molecule has 0 fully saturated rings. The first-order valence-corrected chi connectivity index (χ1v) is 8.51. The lowest BCUT2D eigenvalue weighted by Gasteiger charge is -2.08. The van der Waals surface area contributed by atoms with Crippen molar-refractivity contribution in [3.05, 3.63) is 59.7 Å². The number of esters is 1. The Hall–Kier alpha value is -3.68. The molecular weight excluding hydrogens is 362 g/mol. The molecule has 0 aliphatic carbocycles. The average Bonchev–Trinajstić information content (AvgIpc) is 2.67. The Morgan fingerprint density at radius 3 is 2.29 bits per heavy atom. The smallest absolute Gasteiger partial charge is 0.310 e. The number of nitrogens with one attached hydrogen (secondary N) is 3. The maximum absolute atomic E-state index is 11.9. The molecule has 0 heterocycles. The molecule has 0 spiro atoms. The summed E-state index contributed by atoms with van der Waals surface area (Å²) in [6, 6.07) is 13.1. The van der Waals surface area contributed by atoms with Gasteiger partial charge in [0.15, 0.2) is 6.61 Å². The van der Waals surface area contributed by atoms with Crippen molar-refractivity contribution in [2.24, 2.45) is 0 Å². The van der Waals surface area contributed by atoms with Crippen LogP contribution in [0.25, 0.3) is 0 Å². The molecule has 0 bridgehead atoms. The molecular formula is C20H21N3O5. The van der Waals surface area contributed by atoms with Gasteiger partial charge in [-0.3, -0.25) is 19.2 Å². The van der Waals surface area contributed by atoms with E-state index in [0.29, 0.717) is 22.5 Å². The summed E-state index contributed by atoms with van der Waals surface area (Å²) >= 11 is 0. The SMILES string of the molecule is CNC(=O)c1cccc(NC(=O)COC(=O)Cc2ccc(NC(C)=O)cc2)c1. The van der Waals surface area contributed by atoms with Gasteiger partial charge >= 0.3 is 5.97 Å². The van der Waals surface area contributed by atoms with E-state index in [1.807, 2.05) is 0 Å². The fraction of sp³-hybridized carbons (Fsp3) is 0.200. The normalized spacial score (nSPS) is 9.93. The van der Waals surface area contributed by atoms with E-state index < -0.39 is 18.5 Å². The third-order valence-corrected chi connectivity index (χ3v) is 3.62. The van der Waals surface area contributed by atoms with Crippen molar-refractivity contribution < 1.29 is 23.9 Å². The molecule has 0 unspecified atom stereocenters. The predicted octanol–water partition coefficient (Wildman–Crippen LogP) is 1.73. The van der Waals surface area contributed by atoms with E-state index in [0.717, 1.165) is 0 Å². The van der Waals surface area contributed by atoms with Crippen LogP contribution >= 0.6 is 0 Å². The highest BCUT2D eigenvalue weighted by atomic mass is 16.5. The molecule has 0 aromatic heterocycles. The number of amides is 3. The first-order valence-electron chi connectivity index (χ1n) is 8.51. The molecule has 3 N–H and O–H groups in total. The molecule has 2 rings (SSSR count). The summed E-state index contributed by atoms with van der Waals surface area (Å²) < 4.78 is 4.97. The lowest BCUT2D eigenvalue weighted by atomic mass is 10.1. The monoisotopic (exact) mass is 383 g/mol. The Morgan fingerprint density at radius 1 is 0.929 bits per heavy atom. The topological polar surface area (TPSA) is 114 Å². The number of carbonyl (C=O) groups is 4. The maximum atomic E-state index is 11.9. The average molecular weight is 383 g/mol. The van der Waals surface area contributed by atoms with Crippen LogP contribution in [0.15, 0.2) is 48.5 Å². The van der Waals surface area contributed by atoms with Gasteiger partial charge in [0.25, 0.3) is 11.8 Å². The van der Waals surface area contributed by atoms with Crippen LogP contribution in [0.2, 0.25) is 0 Å². The number of hydrogen-bond donors (Lipinski definition) is 3. The standard InChI is InChI=1S/C20H21N3O5/c1-13(24)22-16-8-6-14(7-9-16)10-19(26)28-12-18(25)23-17-5-3-4-15(11-17)20(27)21-2/h3-9,11H,10,12H2,1-2H3,(H,21,27)(H,22,24)(H,23,25). The fourth-order valence-electron chi connectivity index (χ4n) is 2.35. The molecule has 3 amide bonds. The molecule has 28 heavy (non-hydrogen) atoms. The van der Waals surface area contributed by atoms with E-state index >= 15 is 0 Å². The molecule has 0 aliphatic heterocycles. The van der Waals surface area contributed by atoms with E-state index in [9.17, 15) is 19.2 Å². The van der Waals surface area contributed by atoms with Crippen molar-refractivity contribution in [1.29, 1.82) is 0 Å². The summed E-state index contributed by atoms with van der Waals surface area (Å²) in [5.41, 5.74) is 2.15. The summed E-state index contributed by atoms with van der Waals surface area (Å²) in [6.07, 6.45) is -0.000211. The van der Waals surface area contributed by atoms with Crippen molar-refractivity contribution in [2.75, 3.05) is 24.3 Å². The number of hydrogen-bond acceptors (Lipinski definition) is 5. The first kappa shape index (κ1) is 20.6. The van der Waals surface area contributed by atoms with E-state index in [2.05, 4.69) is 16.0 Å². The number of ether oxygens (including phenoxy) is 1. The summed E-state index contributed by atoms with van der Waals surface area (Å²) in [5.74, 6) is -1.52. The summed E-state index contributed by atoms with van der Waals surface area (Å²) in [4.78, 5) is 46.4. The second-order valence-electron chi connectivity index (χ2n) is 5.92. The summed E-state index contributed by atoms with van der Waals surface area (Å²) in [6.45, 7) is 0.970. The Labute approximate surface area is 162 Å². The largest absolute Gasteiger partial charge is 0.455 e. The maximum Gasteiger partial charge on any atom is 0.310 e. The van der Waals surface area contributed by atoms with Crippen LogP contribution in [0.3, 0.4) is 0 Å². The van der Waals surface area contributed by atoms with Crippen LogP contribution in [0.5, 0.6) is 0 Å². The van der Waals surface area contributed by atoms with Gasteiger partial charge in [-0.2, -0.15) is 0 Å². The lowest BCUT2D eigenvalue weighted by molar-refractivity contribution is -0.146. The van der Waals surface area contributed by atoms with Gasteiger partial charge in [0.2, 0.25) is 5.91 Å². The van der Waals surface area contributed by atoms with Gasteiger partial charge in [-0.1, -0.05) is 18.2 Å². The molecule has 0 radical (unpaired) electrons. The highest BCUT2D eigenvalue weighted by Gasteiger charge is 2.10. The van der Waals surface area contributed by atoms with Crippen molar-refractivity contribution >= 4 is 35.1 Å². The Kier molecular flexibility index (Phi) is 7.27. The number of anilines is 2. The van der Waals surface area contributed by atoms with Crippen molar-refractivity contribution in [1.82, 2.24) is 5.32 Å². The van der Waals surface area contributed by atoms with Crippen molar-refractivity contribution in [3.8, 4) is 0 Å². The number of carbonyl (C=O) groups excluding carboxylic acids is 4. The number of benzene rings is 2. The zero-order valence-electron chi connectivity index (χ0n) is 15.6. The molecule has 0 saturated carbocycles. The van der Waals surface area contributed by atoms with E-state index in [4.69, 9.17) is 4.74 Å². The highest BCUT2D eigenvalue weighted by Crippen LogP contribution is 2.12. The van der Waals surface area contributed by atoms with E-state index in [-0.39, 0.29) is 18.2 Å². The molecule has 2 aromatic carbocycles. The van der Waals surface area contributed by atoms with Gasteiger partial charge < -0.3 is 20.7 Å². The minimum absolute atomic E-state index is 0.000211. The number of rotatable bonds is 7. The van der Waals surface area contributed by atoms with Gasteiger partial charge in [0, 0.05) is 30.9 Å². The fourth-order valence-corrected chi connectivity index (χ4v) is 2.35. The Morgan fingerprint density at radius 2 is 1.64 bits per heavy atom. The second kappa shape index (κ2) is 9.86. The molecule has 146 valence electrons. The van der Waals surface area contributed by atoms with Crippen LogP contribution in [-0.2, 0) is 25.5 Å². The first-order chi connectivity index (χ1) is 13.4. The third kappa shape index (κ3) is 6.56.